The monoisotopic (exact) mass is 275 g/mol. The van der Waals surface area contributed by atoms with E-state index in [1.54, 1.807) is 24.1 Å². The van der Waals surface area contributed by atoms with Crippen LogP contribution in [0.4, 0.5) is 0 Å². The van der Waals surface area contributed by atoms with E-state index in [0.717, 1.165) is 16.3 Å². The summed E-state index contributed by atoms with van der Waals surface area (Å²) in [6.07, 6.45) is 1.72. The van der Waals surface area contributed by atoms with Crippen molar-refractivity contribution >= 4 is 5.91 Å². The van der Waals surface area contributed by atoms with E-state index in [1.807, 2.05) is 25.1 Å². The Balaban J connectivity index is 2.38. The largest absolute Gasteiger partial charge is 0.494 e. The second kappa shape index (κ2) is 5.75. The summed E-state index contributed by atoms with van der Waals surface area (Å²) in [4.78, 5) is 16.8. The quantitative estimate of drug-likeness (QED) is 0.799. The van der Waals surface area contributed by atoms with Crippen molar-refractivity contribution in [3.05, 3.63) is 41.7 Å². The normalized spacial score (nSPS) is 10.4. The minimum absolute atomic E-state index is 0.304. The number of rotatable bonds is 4. The zero-order chi connectivity index (χ0) is 14.7. The Morgan fingerprint density at radius 3 is 2.70 bits per heavy atom. The molecule has 0 fully saturated rings. The van der Waals surface area contributed by atoms with Gasteiger partial charge in [-0.1, -0.05) is 6.07 Å². The SMILES string of the molecule is COc1ccc(C)cc1-n1ccc(C(=O)N(C)OC)n1. The highest BCUT2D eigenvalue weighted by Crippen LogP contribution is 2.23. The number of nitrogens with zero attached hydrogens (tertiary/aromatic N) is 3. The lowest BCUT2D eigenvalue weighted by atomic mass is 10.2. The average Bonchev–Trinajstić information content (AvgIpc) is 2.95. The number of carbonyl (C=O) groups is 1. The van der Waals surface area contributed by atoms with Gasteiger partial charge in [0.05, 0.1) is 14.2 Å². The fourth-order valence-electron chi connectivity index (χ4n) is 1.80. The maximum atomic E-state index is 11.9. The molecule has 0 radical (unpaired) electrons. The smallest absolute Gasteiger partial charge is 0.297 e. The van der Waals surface area contributed by atoms with Crippen LogP contribution in [0, 0.1) is 6.92 Å². The van der Waals surface area contributed by atoms with Crippen LogP contribution in [-0.2, 0) is 4.84 Å². The number of hydrogen-bond donors (Lipinski definition) is 0. The number of carbonyl (C=O) groups excluding carboxylic acids is 1. The van der Waals surface area contributed by atoms with E-state index in [1.165, 1.54) is 14.2 Å². The molecule has 0 unspecified atom stereocenters. The highest BCUT2D eigenvalue weighted by Gasteiger charge is 2.16. The molecule has 0 spiro atoms. The molecule has 0 atom stereocenters. The standard InChI is InChI=1S/C14H17N3O3/c1-10-5-6-13(19-3)12(9-10)17-8-7-11(15-17)14(18)16(2)20-4/h5-9H,1-4H3. The van der Waals surface area contributed by atoms with Gasteiger partial charge in [0.2, 0.25) is 0 Å². The number of aromatic nitrogens is 2. The van der Waals surface area contributed by atoms with Crippen molar-refractivity contribution in [2.75, 3.05) is 21.3 Å². The van der Waals surface area contributed by atoms with E-state index in [0.29, 0.717) is 11.4 Å². The maximum absolute atomic E-state index is 11.9. The molecule has 1 amide bonds. The van der Waals surface area contributed by atoms with E-state index < -0.39 is 0 Å². The van der Waals surface area contributed by atoms with E-state index in [-0.39, 0.29) is 5.91 Å². The Morgan fingerprint density at radius 2 is 2.05 bits per heavy atom. The van der Waals surface area contributed by atoms with Crippen LogP contribution < -0.4 is 4.74 Å². The molecular weight excluding hydrogens is 258 g/mol. The Bertz CT molecular complexity index is 622. The fraction of sp³-hybridized carbons (Fsp3) is 0.286. The van der Waals surface area contributed by atoms with Gasteiger partial charge in [-0.05, 0) is 30.7 Å². The van der Waals surface area contributed by atoms with Gasteiger partial charge in [0.25, 0.3) is 5.91 Å². The summed E-state index contributed by atoms with van der Waals surface area (Å²) in [7, 11) is 4.56. The van der Waals surface area contributed by atoms with E-state index >= 15 is 0 Å². The third-order valence-electron chi connectivity index (χ3n) is 2.95. The van der Waals surface area contributed by atoms with Crippen LogP contribution in [0.2, 0.25) is 0 Å². The van der Waals surface area contributed by atoms with E-state index in [9.17, 15) is 4.79 Å². The summed E-state index contributed by atoms with van der Waals surface area (Å²) < 4.78 is 6.93. The first-order valence-electron chi connectivity index (χ1n) is 6.09. The molecule has 6 nitrogen and oxygen atoms in total. The van der Waals surface area contributed by atoms with Gasteiger partial charge in [-0.2, -0.15) is 5.10 Å². The van der Waals surface area contributed by atoms with Crippen LogP contribution in [0.25, 0.3) is 5.69 Å². The molecule has 0 aliphatic heterocycles. The third-order valence-corrected chi connectivity index (χ3v) is 2.95. The molecule has 0 aliphatic rings. The number of aryl methyl sites for hydroxylation is 1. The Hall–Kier alpha value is -2.34. The molecule has 2 aromatic rings. The van der Waals surface area contributed by atoms with Gasteiger partial charge >= 0.3 is 0 Å². The molecular formula is C14H17N3O3. The summed E-state index contributed by atoms with van der Waals surface area (Å²) in [6, 6.07) is 7.41. The van der Waals surface area contributed by atoms with Crippen molar-refractivity contribution in [2.45, 2.75) is 6.92 Å². The molecule has 0 saturated carbocycles. The maximum Gasteiger partial charge on any atom is 0.297 e. The second-order valence-corrected chi connectivity index (χ2v) is 4.31. The van der Waals surface area contributed by atoms with Crippen LogP contribution in [0.3, 0.4) is 0 Å². The minimum Gasteiger partial charge on any atom is -0.494 e. The van der Waals surface area contributed by atoms with Crippen molar-refractivity contribution in [3.8, 4) is 11.4 Å². The summed E-state index contributed by atoms with van der Waals surface area (Å²) in [5, 5.41) is 5.39. The molecule has 2 rings (SSSR count). The predicted octanol–water partition coefficient (Wildman–Crippen LogP) is 1.82. The van der Waals surface area contributed by atoms with Gasteiger partial charge in [-0.3, -0.25) is 9.63 Å². The third kappa shape index (κ3) is 2.65. The molecule has 6 heteroatoms. The highest BCUT2D eigenvalue weighted by atomic mass is 16.7. The zero-order valence-electron chi connectivity index (χ0n) is 12.0. The number of amides is 1. The van der Waals surface area contributed by atoms with Crippen molar-refractivity contribution in [1.82, 2.24) is 14.8 Å². The van der Waals surface area contributed by atoms with Gasteiger partial charge < -0.3 is 4.74 Å². The van der Waals surface area contributed by atoms with Crippen LogP contribution in [-0.4, -0.2) is 42.0 Å². The summed E-state index contributed by atoms with van der Waals surface area (Å²) in [5.41, 5.74) is 2.17. The Morgan fingerprint density at radius 1 is 1.30 bits per heavy atom. The first-order valence-corrected chi connectivity index (χ1v) is 6.09. The van der Waals surface area contributed by atoms with Crippen molar-refractivity contribution in [2.24, 2.45) is 0 Å². The van der Waals surface area contributed by atoms with Gasteiger partial charge in [-0.15, -0.1) is 0 Å². The lowest BCUT2D eigenvalue weighted by molar-refractivity contribution is -0.0760. The van der Waals surface area contributed by atoms with Crippen LogP contribution in [0.15, 0.2) is 30.5 Å². The van der Waals surface area contributed by atoms with Gasteiger partial charge in [0.15, 0.2) is 5.69 Å². The number of ether oxygens (including phenoxy) is 1. The minimum atomic E-state index is -0.308. The van der Waals surface area contributed by atoms with E-state index in [4.69, 9.17) is 9.57 Å². The first kappa shape index (κ1) is 14.1. The Kier molecular flexibility index (Phi) is 4.05. The van der Waals surface area contributed by atoms with Gasteiger partial charge in [-0.25, -0.2) is 9.75 Å². The second-order valence-electron chi connectivity index (χ2n) is 4.31. The molecule has 20 heavy (non-hydrogen) atoms. The number of hydrogen-bond acceptors (Lipinski definition) is 4. The van der Waals surface area contributed by atoms with Crippen LogP contribution in [0.5, 0.6) is 5.75 Å². The number of methoxy groups -OCH3 is 1. The first-order chi connectivity index (χ1) is 9.56. The highest BCUT2D eigenvalue weighted by molar-refractivity contribution is 5.91. The Labute approximate surface area is 117 Å². The molecule has 0 aliphatic carbocycles. The predicted molar refractivity (Wildman–Crippen MR) is 74.0 cm³/mol. The van der Waals surface area contributed by atoms with E-state index in [2.05, 4.69) is 5.10 Å². The lowest BCUT2D eigenvalue weighted by Crippen LogP contribution is -2.25. The molecule has 1 aromatic carbocycles. The van der Waals surface area contributed by atoms with Crippen molar-refractivity contribution < 1.29 is 14.4 Å². The topological polar surface area (TPSA) is 56.6 Å². The van der Waals surface area contributed by atoms with Crippen LogP contribution in [0.1, 0.15) is 16.1 Å². The fourth-order valence-corrected chi connectivity index (χ4v) is 1.80. The molecule has 1 heterocycles. The van der Waals surface area contributed by atoms with Crippen molar-refractivity contribution in [3.63, 3.8) is 0 Å². The lowest BCUT2D eigenvalue weighted by Gasteiger charge is -2.12. The summed E-state index contributed by atoms with van der Waals surface area (Å²) >= 11 is 0. The molecule has 0 saturated heterocycles. The van der Waals surface area contributed by atoms with Crippen molar-refractivity contribution in [1.29, 1.82) is 0 Å². The number of hydroxylamine groups is 2. The molecule has 0 bridgehead atoms. The van der Waals surface area contributed by atoms with Crippen LogP contribution >= 0.6 is 0 Å². The molecule has 0 N–H and O–H groups in total. The van der Waals surface area contributed by atoms with Gasteiger partial charge in [0, 0.05) is 13.2 Å². The average molecular weight is 275 g/mol. The van der Waals surface area contributed by atoms with Gasteiger partial charge in [0.1, 0.15) is 11.4 Å². The molecule has 1 aromatic heterocycles. The molecule has 106 valence electrons. The zero-order valence-corrected chi connectivity index (χ0v) is 12.0. The summed E-state index contributed by atoms with van der Waals surface area (Å²) in [5.74, 6) is 0.385. The summed E-state index contributed by atoms with van der Waals surface area (Å²) in [6.45, 7) is 1.98. The number of benzene rings is 1.